The Morgan fingerprint density at radius 3 is 2.41 bits per heavy atom. The Morgan fingerprint density at radius 2 is 1.68 bits per heavy atom. The molecule has 1 aromatic carbocycles. The minimum atomic E-state index is -0.389. The van der Waals surface area contributed by atoms with Gasteiger partial charge in [0.2, 0.25) is 5.88 Å². The maximum Gasteiger partial charge on any atom is 0.414 e. The van der Waals surface area contributed by atoms with Crippen molar-refractivity contribution in [3.8, 4) is 17.0 Å². The lowest BCUT2D eigenvalue weighted by Gasteiger charge is -2.33. The molecular formula is C27H35N5O2. The number of fused-ring (bicyclic) bond motifs is 1. The summed E-state index contributed by atoms with van der Waals surface area (Å²) in [5.74, 6) is 0.462. The smallest absolute Gasteiger partial charge is 0.393 e. The number of pyridine rings is 1. The number of aromatic nitrogens is 2. The number of nitrogens with one attached hydrogen (secondary N) is 2. The molecule has 2 fully saturated rings. The zero-order valence-corrected chi connectivity index (χ0v) is 19.8. The maximum absolute atomic E-state index is 12.6. The molecule has 34 heavy (non-hydrogen) atoms. The molecule has 1 amide bonds. The van der Waals surface area contributed by atoms with E-state index < -0.39 is 0 Å². The first kappa shape index (κ1) is 22.9. The summed E-state index contributed by atoms with van der Waals surface area (Å²) >= 11 is 0. The highest BCUT2D eigenvalue weighted by molar-refractivity contribution is 5.96. The summed E-state index contributed by atoms with van der Waals surface area (Å²) in [5, 5.41) is 4.09. The molecule has 0 atom stereocenters. The molecule has 0 radical (unpaired) electrons. The Labute approximate surface area is 201 Å². The molecule has 7 nitrogen and oxygen atoms in total. The Balaban J connectivity index is 1.11. The molecule has 0 spiro atoms. The van der Waals surface area contributed by atoms with Gasteiger partial charge >= 0.3 is 6.09 Å². The Kier molecular flexibility index (Phi) is 7.41. The van der Waals surface area contributed by atoms with Crippen molar-refractivity contribution >= 4 is 17.0 Å². The molecule has 2 aromatic heterocycles. The number of aromatic amines is 1. The van der Waals surface area contributed by atoms with Crippen LogP contribution in [0, 0.1) is 0 Å². The molecule has 4 heterocycles. The van der Waals surface area contributed by atoms with Crippen molar-refractivity contribution in [1.29, 1.82) is 0 Å². The molecule has 2 aliphatic rings. The van der Waals surface area contributed by atoms with Gasteiger partial charge in [-0.05, 0) is 68.1 Å². The summed E-state index contributed by atoms with van der Waals surface area (Å²) in [4.78, 5) is 25.1. The van der Waals surface area contributed by atoms with Crippen LogP contribution in [0.2, 0.25) is 0 Å². The van der Waals surface area contributed by atoms with Gasteiger partial charge in [0.15, 0.2) is 0 Å². The number of H-pyrrole nitrogens is 1. The Bertz CT molecular complexity index is 1070. The summed E-state index contributed by atoms with van der Waals surface area (Å²) in [6, 6.07) is 12.1. The van der Waals surface area contributed by atoms with Crippen molar-refractivity contribution in [2.75, 3.05) is 39.3 Å². The average molecular weight is 462 g/mol. The standard InChI is InChI=1S/C27H35N5O2/c33-27(29-22-10-16-32(17-11-22)19-18-31-14-3-1-2-4-15-31)34-26-20-24-23(6-5-7-25(24)30-26)21-8-12-28-13-9-21/h5-9,12-13,20,22,30H,1-4,10-11,14-19H2,(H,29,33). The van der Waals surface area contributed by atoms with Gasteiger partial charge in [0.25, 0.3) is 0 Å². The summed E-state index contributed by atoms with van der Waals surface area (Å²) in [5.41, 5.74) is 3.10. The van der Waals surface area contributed by atoms with E-state index in [-0.39, 0.29) is 12.1 Å². The Hall–Kier alpha value is -2.90. The van der Waals surface area contributed by atoms with E-state index in [0.29, 0.717) is 5.88 Å². The molecular weight excluding hydrogens is 426 g/mol. The first-order valence-corrected chi connectivity index (χ1v) is 12.7. The molecule has 2 N–H and O–H groups in total. The van der Waals surface area contributed by atoms with E-state index in [9.17, 15) is 4.79 Å². The average Bonchev–Trinajstić information content (AvgIpc) is 3.09. The van der Waals surface area contributed by atoms with Gasteiger partial charge in [-0.25, -0.2) is 4.79 Å². The highest BCUT2D eigenvalue weighted by atomic mass is 16.6. The Morgan fingerprint density at radius 1 is 0.971 bits per heavy atom. The predicted octanol–water partition coefficient (Wildman–Crippen LogP) is 4.66. The first-order chi connectivity index (χ1) is 16.7. The van der Waals surface area contributed by atoms with Crippen molar-refractivity contribution in [2.45, 2.75) is 44.6 Å². The van der Waals surface area contributed by atoms with Gasteiger partial charge in [-0.15, -0.1) is 0 Å². The minimum absolute atomic E-state index is 0.165. The number of nitrogens with zero attached hydrogens (tertiary/aromatic N) is 3. The van der Waals surface area contributed by atoms with Gasteiger partial charge in [-0.2, -0.15) is 0 Å². The lowest BCUT2D eigenvalue weighted by molar-refractivity contribution is 0.157. The second-order valence-corrected chi connectivity index (χ2v) is 9.54. The normalized spacial score (nSPS) is 18.6. The van der Waals surface area contributed by atoms with Crippen LogP contribution >= 0.6 is 0 Å². The van der Waals surface area contributed by atoms with Crippen LogP contribution in [0.5, 0.6) is 5.88 Å². The fourth-order valence-electron chi connectivity index (χ4n) is 5.21. The summed E-state index contributed by atoms with van der Waals surface area (Å²) < 4.78 is 5.62. The fourth-order valence-corrected chi connectivity index (χ4v) is 5.21. The second-order valence-electron chi connectivity index (χ2n) is 9.54. The van der Waals surface area contributed by atoms with Gasteiger partial charge in [0, 0.05) is 61.6 Å². The van der Waals surface area contributed by atoms with E-state index in [1.807, 2.05) is 30.3 Å². The second kappa shape index (κ2) is 11.0. The van der Waals surface area contributed by atoms with E-state index in [2.05, 4.69) is 31.2 Å². The number of amides is 1. The number of hydrogen-bond acceptors (Lipinski definition) is 5. The molecule has 2 aliphatic heterocycles. The largest absolute Gasteiger partial charge is 0.414 e. The molecule has 3 aromatic rings. The van der Waals surface area contributed by atoms with Crippen LogP contribution in [0.3, 0.4) is 0 Å². The van der Waals surface area contributed by atoms with Crippen LogP contribution in [-0.4, -0.2) is 71.2 Å². The third-order valence-corrected chi connectivity index (χ3v) is 7.17. The van der Waals surface area contributed by atoms with Crippen molar-refractivity contribution in [3.63, 3.8) is 0 Å². The van der Waals surface area contributed by atoms with Crippen molar-refractivity contribution in [1.82, 2.24) is 25.1 Å². The zero-order chi connectivity index (χ0) is 23.2. The lowest BCUT2D eigenvalue weighted by Crippen LogP contribution is -2.47. The molecule has 0 bridgehead atoms. The zero-order valence-electron chi connectivity index (χ0n) is 19.8. The molecule has 180 valence electrons. The third-order valence-electron chi connectivity index (χ3n) is 7.17. The number of likely N-dealkylation sites (tertiary alicyclic amines) is 2. The molecule has 0 aliphatic carbocycles. The van der Waals surface area contributed by atoms with Crippen LogP contribution in [0.15, 0.2) is 48.8 Å². The number of benzene rings is 1. The number of hydrogen-bond donors (Lipinski definition) is 2. The van der Waals surface area contributed by atoms with E-state index in [4.69, 9.17) is 4.74 Å². The van der Waals surface area contributed by atoms with E-state index >= 15 is 0 Å². The van der Waals surface area contributed by atoms with Crippen LogP contribution in [0.25, 0.3) is 22.0 Å². The van der Waals surface area contributed by atoms with Crippen LogP contribution in [0.4, 0.5) is 4.79 Å². The van der Waals surface area contributed by atoms with Crippen LogP contribution in [0.1, 0.15) is 38.5 Å². The quantitative estimate of drug-likeness (QED) is 0.559. The summed E-state index contributed by atoms with van der Waals surface area (Å²) in [7, 11) is 0. The molecule has 5 rings (SSSR count). The monoisotopic (exact) mass is 461 g/mol. The number of ether oxygens (including phenoxy) is 1. The third kappa shape index (κ3) is 5.77. The number of carbonyl (C=O) groups is 1. The molecule has 0 saturated carbocycles. The first-order valence-electron chi connectivity index (χ1n) is 12.7. The van der Waals surface area contributed by atoms with Crippen LogP contribution in [-0.2, 0) is 0 Å². The fraction of sp³-hybridized carbons (Fsp3) is 0.481. The SMILES string of the molecule is O=C(NC1CCN(CCN2CCCCCC2)CC1)Oc1cc2c(-c3ccncc3)cccc2[nH]1. The minimum Gasteiger partial charge on any atom is -0.393 e. The van der Waals surface area contributed by atoms with E-state index in [1.54, 1.807) is 12.4 Å². The highest BCUT2D eigenvalue weighted by Crippen LogP contribution is 2.31. The van der Waals surface area contributed by atoms with Gasteiger partial charge in [0.1, 0.15) is 0 Å². The molecule has 0 unspecified atom stereocenters. The van der Waals surface area contributed by atoms with Crippen molar-refractivity contribution < 1.29 is 9.53 Å². The predicted molar refractivity (Wildman–Crippen MR) is 135 cm³/mol. The van der Waals surface area contributed by atoms with Gasteiger partial charge in [0.05, 0.1) is 0 Å². The lowest BCUT2D eigenvalue weighted by atomic mass is 10.0. The van der Waals surface area contributed by atoms with Gasteiger partial charge in [-0.1, -0.05) is 25.0 Å². The van der Waals surface area contributed by atoms with E-state index in [1.165, 1.54) is 45.3 Å². The number of rotatable bonds is 6. The highest BCUT2D eigenvalue weighted by Gasteiger charge is 2.22. The molecule has 7 heteroatoms. The van der Waals surface area contributed by atoms with Gasteiger partial charge in [-0.3, -0.25) is 4.98 Å². The topological polar surface area (TPSA) is 73.5 Å². The molecule has 2 saturated heterocycles. The van der Waals surface area contributed by atoms with Crippen LogP contribution < -0.4 is 10.1 Å². The van der Waals surface area contributed by atoms with E-state index in [0.717, 1.165) is 54.5 Å². The number of carbonyl (C=O) groups excluding carboxylic acids is 1. The van der Waals surface area contributed by atoms with Crippen molar-refractivity contribution in [2.24, 2.45) is 0 Å². The summed E-state index contributed by atoms with van der Waals surface area (Å²) in [6.45, 7) is 6.86. The maximum atomic E-state index is 12.6. The van der Waals surface area contributed by atoms with Gasteiger partial charge < -0.3 is 24.8 Å². The van der Waals surface area contributed by atoms with Crippen molar-refractivity contribution in [3.05, 3.63) is 48.8 Å². The summed E-state index contributed by atoms with van der Waals surface area (Å²) in [6.07, 6.45) is 10.6. The number of piperidine rings is 1.